The van der Waals surface area contributed by atoms with E-state index in [1.165, 1.54) is 0 Å². The number of rotatable bonds is 6. The summed E-state index contributed by atoms with van der Waals surface area (Å²) in [5.74, 6) is 0.324. The maximum Gasteiger partial charge on any atom is 0.258 e. The molecule has 126 valence electrons. The first-order chi connectivity index (χ1) is 10.8. The number of ether oxygens (including phenoxy) is 1. The fourth-order valence-electron chi connectivity index (χ4n) is 2.58. The van der Waals surface area contributed by atoms with Crippen molar-refractivity contribution in [3.63, 3.8) is 0 Å². The largest absolute Gasteiger partial charge is 0.466 e. The molecule has 0 radical (unpaired) electrons. The van der Waals surface area contributed by atoms with Gasteiger partial charge in [-0.2, -0.15) is 0 Å². The zero-order chi connectivity index (χ0) is 17.2. The average molecular weight is 318 g/mol. The Morgan fingerprint density at radius 1 is 1.35 bits per heavy atom. The van der Waals surface area contributed by atoms with E-state index < -0.39 is 0 Å². The number of pyridine rings is 1. The Labute approximate surface area is 137 Å². The van der Waals surface area contributed by atoms with Crippen LogP contribution < -0.4 is 10.1 Å². The Morgan fingerprint density at radius 3 is 2.61 bits per heavy atom. The number of aromatic nitrogens is 3. The van der Waals surface area contributed by atoms with Gasteiger partial charge in [0.15, 0.2) is 12.3 Å². The summed E-state index contributed by atoms with van der Waals surface area (Å²) in [6.07, 6.45) is 1.76. The van der Waals surface area contributed by atoms with E-state index in [0.29, 0.717) is 5.88 Å². The summed E-state index contributed by atoms with van der Waals surface area (Å²) in [5, 5.41) is 8.24. The Balaban J connectivity index is 2.16. The van der Waals surface area contributed by atoms with Crippen LogP contribution in [0, 0.1) is 13.8 Å². The van der Waals surface area contributed by atoms with Gasteiger partial charge < -0.3 is 10.1 Å². The summed E-state index contributed by atoms with van der Waals surface area (Å²) in [6.45, 7) is 10.1. The van der Waals surface area contributed by atoms with Crippen molar-refractivity contribution in [2.24, 2.45) is 7.05 Å². The molecule has 23 heavy (non-hydrogen) atoms. The quantitative estimate of drug-likeness (QED) is 0.889. The van der Waals surface area contributed by atoms with Crippen molar-refractivity contribution in [1.29, 1.82) is 0 Å². The van der Waals surface area contributed by atoms with Gasteiger partial charge in [-0.05, 0) is 45.2 Å². The summed E-state index contributed by atoms with van der Waals surface area (Å²) in [6, 6.07) is 1.99. The van der Waals surface area contributed by atoms with E-state index >= 15 is 0 Å². The monoisotopic (exact) mass is 318 g/mol. The highest BCUT2D eigenvalue weighted by Crippen LogP contribution is 2.27. The highest BCUT2D eigenvalue weighted by molar-refractivity contribution is 5.85. The first-order valence-corrected chi connectivity index (χ1v) is 8.04. The second-order valence-electron chi connectivity index (χ2n) is 6.31. The summed E-state index contributed by atoms with van der Waals surface area (Å²) in [7, 11) is 1.83. The van der Waals surface area contributed by atoms with Crippen molar-refractivity contribution < 1.29 is 9.53 Å². The standard InChI is InChI=1S/C17H26N4O2/c1-7-17(5,8-2)19-13(22)10-23-16-14-11(3)9-12(4)18-15(14)21(6)20-16/h9H,7-8,10H2,1-6H3,(H,19,22). The lowest BCUT2D eigenvalue weighted by molar-refractivity contribution is -0.125. The number of hydrogen-bond donors (Lipinski definition) is 1. The fourth-order valence-corrected chi connectivity index (χ4v) is 2.58. The van der Waals surface area contributed by atoms with Gasteiger partial charge in [-0.1, -0.05) is 13.8 Å². The maximum atomic E-state index is 12.1. The van der Waals surface area contributed by atoms with Crippen LogP contribution >= 0.6 is 0 Å². The molecule has 2 aromatic rings. The van der Waals surface area contributed by atoms with Gasteiger partial charge in [-0.3, -0.25) is 4.79 Å². The van der Waals surface area contributed by atoms with Crippen LogP contribution in [-0.4, -0.2) is 32.8 Å². The van der Waals surface area contributed by atoms with Crippen molar-refractivity contribution in [2.75, 3.05) is 6.61 Å². The first kappa shape index (κ1) is 17.2. The van der Waals surface area contributed by atoms with Gasteiger partial charge in [-0.15, -0.1) is 5.10 Å². The molecular weight excluding hydrogens is 292 g/mol. The molecule has 6 heteroatoms. The topological polar surface area (TPSA) is 69.0 Å². The third kappa shape index (κ3) is 3.63. The van der Waals surface area contributed by atoms with Crippen molar-refractivity contribution >= 4 is 16.9 Å². The summed E-state index contributed by atoms with van der Waals surface area (Å²) in [5.41, 5.74) is 2.55. The molecule has 1 amide bonds. The minimum atomic E-state index is -0.193. The molecule has 0 unspecified atom stereocenters. The van der Waals surface area contributed by atoms with Crippen LogP contribution in [0.15, 0.2) is 6.07 Å². The van der Waals surface area contributed by atoms with E-state index in [2.05, 4.69) is 29.2 Å². The van der Waals surface area contributed by atoms with Crippen LogP contribution in [0.1, 0.15) is 44.9 Å². The molecule has 0 spiro atoms. The Hall–Kier alpha value is -2.11. The zero-order valence-electron chi connectivity index (χ0n) is 14.9. The van der Waals surface area contributed by atoms with E-state index in [1.54, 1.807) is 4.68 Å². The third-order valence-electron chi connectivity index (χ3n) is 4.43. The number of nitrogens with one attached hydrogen (secondary N) is 1. The summed E-state index contributed by atoms with van der Waals surface area (Å²) in [4.78, 5) is 16.6. The number of carbonyl (C=O) groups is 1. The van der Waals surface area contributed by atoms with Crippen LogP contribution in [0.3, 0.4) is 0 Å². The first-order valence-electron chi connectivity index (χ1n) is 8.04. The molecular formula is C17H26N4O2. The molecule has 0 saturated heterocycles. The lowest BCUT2D eigenvalue weighted by Crippen LogP contribution is -2.46. The SMILES string of the molecule is CCC(C)(CC)NC(=O)COc1nn(C)c2nc(C)cc(C)c12. The van der Waals surface area contributed by atoms with Crippen LogP contribution in [0.2, 0.25) is 0 Å². The second-order valence-corrected chi connectivity index (χ2v) is 6.31. The minimum absolute atomic E-state index is 0.0466. The molecule has 2 aromatic heterocycles. The maximum absolute atomic E-state index is 12.1. The molecule has 0 atom stereocenters. The Kier molecular flexibility index (Phi) is 4.92. The van der Waals surface area contributed by atoms with Crippen molar-refractivity contribution in [2.45, 2.75) is 53.0 Å². The number of aryl methyl sites for hydroxylation is 3. The molecule has 0 aromatic carbocycles. The normalized spacial score (nSPS) is 11.7. The van der Waals surface area contributed by atoms with Crippen molar-refractivity contribution in [1.82, 2.24) is 20.1 Å². The molecule has 0 fully saturated rings. The highest BCUT2D eigenvalue weighted by atomic mass is 16.5. The molecule has 2 rings (SSSR count). The van der Waals surface area contributed by atoms with E-state index in [9.17, 15) is 4.79 Å². The number of carbonyl (C=O) groups excluding carboxylic acids is 1. The van der Waals surface area contributed by atoms with Gasteiger partial charge in [0.1, 0.15) is 0 Å². The minimum Gasteiger partial charge on any atom is -0.466 e. The van der Waals surface area contributed by atoms with Crippen molar-refractivity contribution in [3.05, 3.63) is 17.3 Å². The van der Waals surface area contributed by atoms with E-state index in [4.69, 9.17) is 4.74 Å². The van der Waals surface area contributed by atoms with Gasteiger partial charge in [-0.25, -0.2) is 9.67 Å². The van der Waals surface area contributed by atoms with Crippen LogP contribution in [0.25, 0.3) is 11.0 Å². The van der Waals surface area contributed by atoms with Crippen molar-refractivity contribution in [3.8, 4) is 5.88 Å². The number of amides is 1. The third-order valence-corrected chi connectivity index (χ3v) is 4.43. The molecule has 0 aliphatic heterocycles. The zero-order valence-corrected chi connectivity index (χ0v) is 14.9. The fraction of sp³-hybridized carbons (Fsp3) is 0.588. The molecule has 0 aliphatic rings. The average Bonchev–Trinajstić information content (AvgIpc) is 2.81. The van der Waals surface area contributed by atoms with Crippen LogP contribution in [0.5, 0.6) is 5.88 Å². The van der Waals surface area contributed by atoms with E-state index in [0.717, 1.165) is 35.1 Å². The predicted molar refractivity (Wildman–Crippen MR) is 90.6 cm³/mol. The summed E-state index contributed by atoms with van der Waals surface area (Å²) >= 11 is 0. The smallest absolute Gasteiger partial charge is 0.258 e. The number of hydrogen-bond acceptors (Lipinski definition) is 4. The predicted octanol–water partition coefficient (Wildman–Crippen LogP) is 2.66. The second kappa shape index (κ2) is 6.56. The van der Waals surface area contributed by atoms with Gasteiger partial charge in [0, 0.05) is 18.3 Å². The van der Waals surface area contributed by atoms with Crippen LogP contribution in [0.4, 0.5) is 0 Å². The van der Waals surface area contributed by atoms with E-state index in [1.807, 2.05) is 33.9 Å². The molecule has 0 bridgehead atoms. The van der Waals surface area contributed by atoms with E-state index in [-0.39, 0.29) is 18.1 Å². The molecule has 0 saturated carbocycles. The van der Waals surface area contributed by atoms with Crippen LogP contribution in [-0.2, 0) is 11.8 Å². The van der Waals surface area contributed by atoms with Gasteiger partial charge >= 0.3 is 0 Å². The molecule has 0 aliphatic carbocycles. The summed E-state index contributed by atoms with van der Waals surface area (Å²) < 4.78 is 7.36. The molecule has 1 N–H and O–H groups in total. The molecule has 2 heterocycles. The number of fused-ring (bicyclic) bond motifs is 1. The number of nitrogens with zero attached hydrogens (tertiary/aromatic N) is 3. The Bertz CT molecular complexity index is 717. The van der Waals surface area contributed by atoms with Gasteiger partial charge in [0.2, 0.25) is 5.88 Å². The lowest BCUT2D eigenvalue weighted by atomic mass is 9.96. The van der Waals surface area contributed by atoms with Gasteiger partial charge in [0.05, 0.1) is 5.39 Å². The Morgan fingerprint density at radius 2 is 2.00 bits per heavy atom. The highest BCUT2D eigenvalue weighted by Gasteiger charge is 2.22. The molecule has 6 nitrogen and oxygen atoms in total. The van der Waals surface area contributed by atoms with Gasteiger partial charge in [0.25, 0.3) is 5.91 Å². The lowest BCUT2D eigenvalue weighted by Gasteiger charge is -2.28.